The van der Waals surface area contributed by atoms with Gasteiger partial charge in [-0.1, -0.05) is 123 Å². The Morgan fingerprint density at radius 3 is 1.52 bits per heavy atom. The van der Waals surface area contributed by atoms with E-state index in [-0.39, 0.29) is 35.9 Å². The van der Waals surface area contributed by atoms with E-state index in [0.717, 1.165) is 31.2 Å². The average molecular weight is 539 g/mol. The monoisotopic (exact) mass is 540 g/mol. The molecule has 0 unspecified atom stereocenters. The van der Waals surface area contributed by atoms with Gasteiger partial charge in [0.2, 0.25) is 0 Å². The predicted molar refractivity (Wildman–Crippen MR) is 129 cm³/mol. The van der Waals surface area contributed by atoms with Crippen LogP contribution in [0, 0.1) is 20.8 Å². The molecule has 0 aliphatic rings. The van der Waals surface area contributed by atoms with E-state index in [9.17, 15) is 19.8 Å². The maximum Gasteiger partial charge on any atom is 2.00 e. The van der Waals surface area contributed by atoms with E-state index in [0.29, 0.717) is 0 Å². The van der Waals surface area contributed by atoms with Gasteiger partial charge in [-0.3, -0.25) is 0 Å². The molecule has 0 aliphatic carbocycles. The van der Waals surface area contributed by atoms with Crippen molar-refractivity contribution in [2.75, 3.05) is 0 Å². The fourth-order valence-electron chi connectivity index (χ4n) is 2.03. The van der Waals surface area contributed by atoms with E-state index in [4.69, 9.17) is 0 Å². The largest absolute Gasteiger partial charge is 2.00 e. The second-order valence-electron chi connectivity index (χ2n) is 7.05. The zero-order valence-corrected chi connectivity index (χ0v) is 23.2. The van der Waals surface area contributed by atoms with Crippen LogP contribution in [0.3, 0.4) is 0 Å². The van der Waals surface area contributed by atoms with Crippen LogP contribution >= 0.6 is 0 Å². The summed E-state index contributed by atoms with van der Waals surface area (Å²) in [5, 5.41) is 20.3. The minimum Gasteiger partial charge on any atom is -0.550 e. The Labute approximate surface area is 209 Å². The minimum absolute atomic E-state index is 0. The molecule has 31 heavy (non-hydrogen) atoms. The Kier molecular flexibility index (Phi) is 37.5. The molecular weight excluding hydrogens is 495 g/mol. The van der Waals surface area contributed by atoms with Gasteiger partial charge in [0.15, 0.2) is 0 Å². The maximum atomic E-state index is 10.3. The number of aromatic carboxylic acids is 1. The van der Waals surface area contributed by atoms with E-state index in [1.165, 1.54) is 51.0 Å². The van der Waals surface area contributed by atoms with E-state index in [1.807, 2.05) is 0 Å². The molecule has 0 aliphatic heterocycles. The number of aryl methyl sites for hydroxylation is 1. The Morgan fingerprint density at radius 1 is 0.774 bits per heavy atom. The van der Waals surface area contributed by atoms with Crippen molar-refractivity contribution in [3.63, 3.8) is 0 Å². The number of unbranched alkanes of at least 4 members (excludes halogenated alkanes) is 8. The first-order valence-electron chi connectivity index (χ1n) is 11.4. The van der Waals surface area contributed by atoms with Gasteiger partial charge in [0.25, 0.3) is 0 Å². The summed E-state index contributed by atoms with van der Waals surface area (Å²) in [4.78, 5) is 20.3. The quantitative estimate of drug-likeness (QED) is 0.290. The van der Waals surface area contributed by atoms with E-state index in [1.54, 1.807) is 25.1 Å². The molecule has 0 saturated heterocycles. The average Bonchev–Trinajstić information content (AvgIpc) is 2.74. The van der Waals surface area contributed by atoms with Crippen LogP contribution in [0.25, 0.3) is 0 Å². The molecule has 4 radical (unpaired) electrons. The molecule has 0 saturated carbocycles. The number of aliphatic carboxylic acids is 1. The number of benzene rings is 1. The first-order valence-corrected chi connectivity index (χ1v) is 11.4. The molecule has 5 heteroatoms. The summed E-state index contributed by atoms with van der Waals surface area (Å²) in [6.45, 7) is 15.4. The minimum atomic E-state index is -1.11. The van der Waals surface area contributed by atoms with E-state index < -0.39 is 11.9 Å². The van der Waals surface area contributed by atoms with Crippen molar-refractivity contribution < 1.29 is 19.8 Å². The summed E-state index contributed by atoms with van der Waals surface area (Å²) >= 11 is 0. The number of carboxylic acid groups (broad SMARTS) is 2. The summed E-state index contributed by atoms with van der Waals surface area (Å²) in [6.07, 6.45) is 12.9. The van der Waals surface area contributed by atoms with Gasteiger partial charge in [0.05, 0.1) is 5.97 Å². The molecule has 4 nitrogen and oxygen atoms in total. The third kappa shape index (κ3) is 33.8. The number of hydrogen-bond donors (Lipinski definition) is 0. The van der Waals surface area contributed by atoms with Crippen LogP contribution in [0.5, 0.6) is 0 Å². The van der Waals surface area contributed by atoms with Crippen molar-refractivity contribution in [2.24, 2.45) is 0 Å². The summed E-state index contributed by atoms with van der Waals surface area (Å²) < 4.78 is 0. The van der Waals surface area contributed by atoms with Crippen molar-refractivity contribution >= 4 is 35.8 Å². The molecular formula is C26H44O4Sn. The van der Waals surface area contributed by atoms with E-state index in [2.05, 4.69) is 34.6 Å². The van der Waals surface area contributed by atoms with Crippen molar-refractivity contribution in [1.82, 2.24) is 0 Å². The SMILES string of the molecule is CCCCCCCCCC(=O)[O-].Cc1ccccc1C(=O)[O-].[CH2]CCC.[CH2]CCC.[Sn+2]. The molecule has 0 fully saturated rings. The van der Waals surface area contributed by atoms with Gasteiger partial charge in [-0.05, 0) is 25.3 Å². The number of hydrogen-bond acceptors (Lipinski definition) is 4. The maximum absolute atomic E-state index is 10.3. The van der Waals surface area contributed by atoms with Gasteiger partial charge in [-0.25, -0.2) is 0 Å². The van der Waals surface area contributed by atoms with Gasteiger partial charge in [0.1, 0.15) is 0 Å². The number of carboxylic acids is 2. The van der Waals surface area contributed by atoms with Crippen molar-refractivity contribution in [1.29, 1.82) is 0 Å². The Bertz CT molecular complexity index is 496. The third-order valence-corrected chi connectivity index (χ3v) is 4.06. The fraction of sp³-hybridized carbons (Fsp3) is 0.615. The molecule has 1 aromatic rings. The Hall–Kier alpha value is -1.04. The number of carbonyl (C=O) groups is 2. The summed E-state index contributed by atoms with van der Waals surface area (Å²) in [5.74, 6) is -2.03. The molecule has 0 bridgehead atoms. The van der Waals surface area contributed by atoms with Crippen molar-refractivity contribution in [2.45, 2.75) is 105 Å². The number of carbonyl (C=O) groups excluding carboxylic acids is 2. The molecule has 0 heterocycles. The van der Waals surface area contributed by atoms with Gasteiger partial charge < -0.3 is 19.8 Å². The van der Waals surface area contributed by atoms with Crippen LogP contribution in [-0.4, -0.2) is 35.8 Å². The molecule has 0 atom stereocenters. The zero-order valence-electron chi connectivity index (χ0n) is 20.3. The van der Waals surface area contributed by atoms with Crippen molar-refractivity contribution in [3.05, 3.63) is 49.2 Å². The molecule has 176 valence electrons. The molecule has 0 spiro atoms. The van der Waals surface area contributed by atoms with Gasteiger partial charge in [0, 0.05) is 11.5 Å². The Morgan fingerprint density at radius 2 is 1.19 bits per heavy atom. The third-order valence-electron chi connectivity index (χ3n) is 4.06. The molecule has 1 aromatic carbocycles. The van der Waals surface area contributed by atoms with Gasteiger partial charge in [-0.15, -0.1) is 0 Å². The van der Waals surface area contributed by atoms with E-state index >= 15 is 0 Å². The smallest absolute Gasteiger partial charge is 0.550 e. The second-order valence-corrected chi connectivity index (χ2v) is 7.05. The van der Waals surface area contributed by atoms with Crippen LogP contribution in [0.15, 0.2) is 24.3 Å². The summed E-state index contributed by atoms with van der Waals surface area (Å²) in [5.41, 5.74) is 1.00. The number of rotatable bonds is 11. The van der Waals surface area contributed by atoms with Crippen LogP contribution < -0.4 is 10.2 Å². The molecule has 0 N–H and O–H groups in total. The van der Waals surface area contributed by atoms with Gasteiger partial charge >= 0.3 is 23.9 Å². The first kappa shape index (κ1) is 37.3. The molecule has 0 amide bonds. The van der Waals surface area contributed by atoms with Crippen LogP contribution in [0.2, 0.25) is 0 Å². The zero-order chi connectivity index (χ0) is 23.6. The first-order chi connectivity index (χ1) is 14.3. The second kappa shape index (κ2) is 31.1. The normalized spacial score (nSPS) is 8.84. The standard InChI is InChI=1S/C10H20O2.C8H8O2.2C4H9.Sn/c1-2-3-4-5-6-7-8-9-10(11)12;1-6-4-2-3-5-7(6)8(9)10;2*1-3-4-2;/h2-9H2,1H3,(H,11,12);2-5H,1H3,(H,9,10);2*1,3-4H2,2H3;/q;;;;+2/p-2. The Balaban J connectivity index is -0.000000172. The van der Waals surface area contributed by atoms with Crippen LogP contribution in [0.1, 0.15) is 114 Å². The summed E-state index contributed by atoms with van der Waals surface area (Å²) in [7, 11) is 0. The predicted octanol–water partition coefficient (Wildman–Crippen LogP) is 5.10. The topological polar surface area (TPSA) is 80.3 Å². The summed E-state index contributed by atoms with van der Waals surface area (Å²) in [6, 6.07) is 6.75. The van der Waals surface area contributed by atoms with Crippen LogP contribution in [0.4, 0.5) is 0 Å². The molecule has 1 rings (SSSR count). The fourth-order valence-corrected chi connectivity index (χ4v) is 2.03. The van der Waals surface area contributed by atoms with Gasteiger partial charge in [-0.2, -0.15) is 0 Å². The van der Waals surface area contributed by atoms with Crippen LogP contribution in [-0.2, 0) is 4.79 Å². The van der Waals surface area contributed by atoms with Crippen molar-refractivity contribution in [3.8, 4) is 0 Å². The molecule has 0 aromatic heterocycles.